The van der Waals surface area contributed by atoms with E-state index in [2.05, 4.69) is 40.1 Å². The van der Waals surface area contributed by atoms with Gasteiger partial charge in [0.2, 0.25) is 17.8 Å². The van der Waals surface area contributed by atoms with E-state index >= 15 is 4.39 Å². The highest BCUT2D eigenvalue weighted by Crippen LogP contribution is 2.36. The number of alkyl halides is 1. The maximum absolute atomic E-state index is 15.2. The summed E-state index contributed by atoms with van der Waals surface area (Å²) in [5, 5.41) is 15.8. The summed E-state index contributed by atoms with van der Waals surface area (Å²) in [6, 6.07) is 12.6. The average Bonchev–Trinajstić information content (AvgIpc) is 3.90. The number of imide groups is 2. The third kappa shape index (κ3) is 8.81. The van der Waals surface area contributed by atoms with E-state index in [9.17, 15) is 42.0 Å². The monoisotopic (exact) mass is 962 g/mol. The van der Waals surface area contributed by atoms with Crippen molar-refractivity contribution in [1.29, 1.82) is 5.26 Å². The molecule has 0 bridgehead atoms. The first kappa shape index (κ1) is 45.4. The molecule has 69 heavy (non-hydrogen) atoms. The number of aromatic nitrogens is 4. The van der Waals surface area contributed by atoms with Crippen LogP contribution < -0.4 is 30.6 Å². The number of hydrogen-bond acceptors (Lipinski definition) is 15. The maximum atomic E-state index is 15.2. The van der Waals surface area contributed by atoms with Crippen molar-refractivity contribution in [2.45, 2.75) is 69.2 Å². The molecule has 356 valence electrons. The number of halogens is 2. The first-order chi connectivity index (χ1) is 33.2. The van der Waals surface area contributed by atoms with Gasteiger partial charge in [-0.05, 0) is 87.1 Å². The van der Waals surface area contributed by atoms with Crippen LogP contribution in [0.2, 0.25) is 0 Å². The summed E-state index contributed by atoms with van der Waals surface area (Å²) in [6.07, 6.45) is 7.00. The lowest BCUT2D eigenvalue weighted by molar-refractivity contribution is -0.136. The van der Waals surface area contributed by atoms with Crippen molar-refractivity contribution in [1.82, 2.24) is 38.9 Å². The van der Waals surface area contributed by atoms with Crippen molar-refractivity contribution in [3.63, 3.8) is 0 Å². The van der Waals surface area contributed by atoms with E-state index in [1.807, 2.05) is 0 Å². The van der Waals surface area contributed by atoms with Crippen molar-refractivity contribution in [3.8, 4) is 23.3 Å². The second kappa shape index (κ2) is 18.2. The quantitative estimate of drug-likeness (QED) is 0.160. The van der Waals surface area contributed by atoms with Crippen LogP contribution in [0.15, 0.2) is 72.0 Å². The van der Waals surface area contributed by atoms with Gasteiger partial charge in [-0.2, -0.15) is 18.0 Å². The number of piperidine rings is 1. The van der Waals surface area contributed by atoms with Gasteiger partial charge in [0.05, 0.1) is 45.8 Å². The molecule has 3 aromatic carbocycles. The molecule has 3 N–H and O–H groups in total. The summed E-state index contributed by atoms with van der Waals surface area (Å²) < 4.78 is 64.9. The van der Waals surface area contributed by atoms with Gasteiger partial charge in [0.25, 0.3) is 17.4 Å². The smallest absolute Gasteiger partial charge is 0.301 e. The van der Waals surface area contributed by atoms with Gasteiger partial charge in [0, 0.05) is 63.5 Å². The van der Waals surface area contributed by atoms with E-state index in [4.69, 9.17) is 4.74 Å². The highest BCUT2D eigenvalue weighted by atomic mass is 32.2. The number of rotatable bonds is 11. The van der Waals surface area contributed by atoms with Crippen LogP contribution in [-0.4, -0.2) is 129 Å². The lowest BCUT2D eigenvalue weighted by Crippen LogP contribution is -2.54. The molecule has 5 aromatic rings. The second-order valence-electron chi connectivity index (χ2n) is 17.6. The first-order valence-electron chi connectivity index (χ1n) is 22.5. The number of fused-ring (bicyclic) bond motifs is 2. The van der Waals surface area contributed by atoms with Gasteiger partial charge in [0.15, 0.2) is 11.6 Å². The molecule has 3 saturated heterocycles. The van der Waals surface area contributed by atoms with E-state index < -0.39 is 68.7 Å². The molecule has 5 aliphatic rings. The van der Waals surface area contributed by atoms with Crippen LogP contribution in [0.5, 0.6) is 11.5 Å². The summed E-state index contributed by atoms with van der Waals surface area (Å²) >= 11 is 0. The zero-order valence-electron chi connectivity index (χ0n) is 36.8. The van der Waals surface area contributed by atoms with Crippen molar-refractivity contribution < 1.29 is 41.1 Å². The molecule has 4 aliphatic heterocycles. The fraction of sp³-hybridized carbons (Fsp3) is 0.370. The molecule has 10 rings (SSSR count). The molecule has 23 heteroatoms. The molecule has 2 atom stereocenters. The van der Waals surface area contributed by atoms with Gasteiger partial charge in [-0.15, -0.1) is 0 Å². The van der Waals surface area contributed by atoms with Crippen molar-refractivity contribution in [2.75, 3.05) is 54.2 Å². The minimum Gasteiger partial charge on any atom is -0.453 e. The summed E-state index contributed by atoms with van der Waals surface area (Å²) in [5.74, 6) is -3.20. The summed E-state index contributed by atoms with van der Waals surface area (Å²) in [5.41, 5.74) is 0.637. The Morgan fingerprint density at radius 3 is 2.30 bits per heavy atom. The Hall–Kier alpha value is -7.42. The van der Waals surface area contributed by atoms with Crippen LogP contribution in [0.1, 0.15) is 71.2 Å². The number of carbonyl (C=O) groups is 4. The predicted octanol–water partition coefficient (Wildman–Crippen LogP) is 3.63. The van der Waals surface area contributed by atoms with E-state index in [-0.39, 0.29) is 66.3 Å². The Bertz CT molecular complexity index is 3140. The topological polar surface area (TPSA) is 245 Å². The number of piperazine rings is 1. The lowest BCUT2D eigenvalue weighted by atomic mass is 9.89. The van der Waals surface area contributed by atoms with Crippen LogP contribution in [0.3, 0.4) is 0 Å². The lowest BCUT2D eigenvalue weighted by Gasteiger charge is -2.42. The van der Waals surface area contributed by atoms with Crippen LogP contribution in [0, 0.1) is 17.1 Å². The Balaban J connectivity index is 0.739. The number of benzene rings is 3. The average molecular weight is 963 g/mol. The van der Waals surface area contributed by atoms with Crippen LogP contribution in [0.4, 0.5) is 26.1 Å². The molecule has 6 heterocycles. The number of anilines is 3. The van der Waals surface area contributed by atoms with Gasteiger partial charge in [-0.3, -0.25) is 48.4 Å². The number of nitrogens with zero attached hydrogens (tertiary/aromatic N) is 9. The number of amides is 4. The van der Waals surface area contributed by atoms with Crippen molar-refractivity contribution in [3.05, 3.63) is 100 Å². The Kier molecular flexibility index (Phi) is 12.0. The zero-order valence-corrected chi connectivity index (χ0v) is 37.6. The maximum Gasteiger partial charge on any atom is 0.301 e. The predicted molar refractivity (Wildman–Crippen MR) is 244 cm³/mol. The van der Waals surface area contributed by atoms with E-state index in [0.717, 1.165) is 65.8 Å². The van der Waals surface area contributed by atoms with Gasteiger partial charge < -0.3 is 15.0 Å². The zero-order chi connectivity index (χ0) is 48.1. The summed E-state index contributed by atoms with van der Waals surface area (Å²) in [7, 11) is -4.26. The molecule has 20 nitrogen and oxygen atoms in total. The molecule has 2 aromatic heterocycles. The van der Waals surface area contributed by atoms with E-state index in [0.29, 0.717) is 36.3 Å². The highest BCUT2D eigenvalue weighted by molar-refractivity contribution is 7.90. The Labute approximate surface area is 393 Å². The largest absolute Gasteiger partial charge is 0.453 e. The van der Waals surface area contributed by atoms with E-state index in [1.165, 1.54) is 41.5 Å². The molecular formula is C46H44F2N12O8S. The Morgan fingerprint density at radius 2 is 1.59 bits per heavy atom. The second-order valence-corrected chi connectivity index (χ2v) is 19.3. The molecular weight excluding hydrogens is 919 g/mol. The van der Waals surface area contributed by atoms with Crippen LogP contribution in [0.25, 0.3) is 16.6 Å². The van der Waals surface area contributed by atoms with Crippen molar-refractivity contribution >= 4 is 62.1 Å². The fourth-order valence-electron chi connectivity index (χ4n) is 9.70. The van der Waals surface area contributed by atoms with Crippen LogP contribution >= 0.6 is 0 Å². The Morgan fingerprint density at radius 1 is 0.841 bits per heavy atom. The molecule has 1 unspecified atom stereocenters. The third-order valence-corrected chi connectivity index (χ3v) is 14.9. The summed E-state index contributed by atoms with van der Waals surface area (Å²) in [4.78, 5) is 83.4. The van der Waals surface area contributed by atoms with E-state index in [1.54, 1.807) is 24.3 Å². The minimum atomic E-state index is -4.26. The van der Waals surface area contributed by atoms with Gasteiger partial charge in [-0.25, -0.2) is 23.7 Å². The number of nitriles is 1. The molecule has 1 aliphatic carbocycles. The van der Waals surface area contributed by atoms with Crippen LogP contribution in [-0.2, 0) is 19.8 Å². The molecule has 0 spiro atoms. The SMILES string of the molecule is N#Cc1c(NS(=O)(=O)N2CC[C@@H](F)C2)ccc(F)c1Oc1ccc2ncn(-c3cnc(N4CCN([C@H]5CC[C@H](Nc6ccc7c(c6)C(=O)N(C6CCC(=O)NC6=O)C7=O)CC5)CC4)nc3)c(=O)c2c1. The molecule has 0 radical (unpaired) electrons. The van der Waals surface area contributed by atoms with Gasteiger partial charge >= 0.3 is 10.2 Å². The number of ether oxygens (including phenoxy) is 1. The highest BCUT2D eigenvalue weighted by Gasteiger charge is 2.45. The molecule has 4 amide bonds. The number of hydrogen-bond donors (Lipinski definition) is 3. The summed E-state index contributed by atoms with van der Waals surface area (Å²) in [6.45, 7) is 2.58. The van der Waals surface area contributed by atoms with Gasteiger partial charge in [-0.1, -0.05) is 0 Å². The molecule has 4 fully saturated rings. The number of carbonyl (C=O) groups excluding carboxylic acids is 4. The standard InChI is InChI=1S/C46H44F2N12O8S/c47-26-13-14-58(24-26)69(66,67)55-38-10-8-36(48)41(35(38)21-49)68-31-6-9-37-34(20-31)43(63)59(25-52-37)30-22-50-46(51-23-30)57-17-15-56(16-18-57)29-4-1-27(2-5-29)53-28-3-7-32-33(19-28)45(65)60(44(32)64)39-11-12-40(61)54-42(39)62/h3,6-10,19-20,22-23,25-27,29,39,53,55H,1-2,4-5,11-18,24H2,(H,54,61,62)/t26-,27-,29-,39?/m1/s1. The third-order valence-electron chi connectivity index (χ3n) is 13.4. The normalized spacial score (nSPS) is 22.4. The first-order valence-corrected chi connectivity index (χ1v) is 24.0. The van der Waals surface area contributed by atoms with Crippen molar-refractivity contribution in [2.24, 2.45) is 0 Å². The minimum absolute atomic E-state index is 0.0269. The number of nitrogens with one attached hydrogen (secondary N) is 3. The molecule has 1 saturated carbocycles. The van der Waals surface area contributed by atoms with Gasteiger partial charge in [0.1, 0.15) is 35.9 Å². The fourth-order valence-corrected chi connectivity index (χ4v) is 11.0.